The molecule has 0 aromatic heterocycles. The number of carbonyl (C=O) groups excluding carboxylic acids is 1. The first-order valence-electron chi connectivity index (χ1n) is 5.69. The third kappa shape index (κ3) is 3.46. The van der Waals surface area contributed by atoms with Gasteiger partial charge in [-0.15, -0.1) is 0 Å². The Bertz CT molecular complexity index is 753. The monoisotopic (exact) mass is 354 g/mol. The first-order valence-corrected chi connectivity index (χ1v) is 7.90. The van der Waals surface area contributed by atoms with E-state index in [1.165, 1.54) is 31.2 Å². The number of hydrogen-bond donors (Lipinski definition) is 0. The Hall–Kier alpha value is -1.66. The fourth-order valence-electron chi connectivity index (χ4n) is 1.56. The van der Waals surface area contributed by atoms with E-state index in [9.17, 15) is 13.2 Å². The second-order valence-electron chi connectivity index (χ2n) is 4.08. The van der Waals surface area contributed by atoms with E-state index in [1.807, 2.05) is 0 Å². The molecule has 0 saturated heterocycles. The lowest BCUT2D eigenvalue weighted by Crippen LogP contribution is -2.10. The molecular weight excluding hydrogens is 344 g/mol. The van der Waals surface area contributed by atoms with Crippen molar-refractivity contribution in [3.05, 3.63) is 58.6 Å². The van der Waals surface area contributed by atoms with Crippen molar-refractivity contribution in [2.45, 2.75) is 11.8 Å². The highest BCUT2D eigenvalue weighted by atomic mass is 79.9. The maximum Gasteiger partial charge on any atom is 0.339 e. The summed E-state index contributed by atoms with van der Waals surface area (Å²) < 4.78 is 29.9. The SMILES string of the molecule is CC(=O)c1cccc(OS(=O)(=O)c2cccc(Br)c2)c1. The zero-order valence-electron chi connectivity index (χ0n) is 10.5. The molecule has 0 bridgehead atoms. The van der Waals surface area contributed by atoms with Gasteiger partial charge in [-0.3, -0.25) is 4.79 Å². The molecule has 6 heteroatoms. The fraction of sp³-hybridized carbons (Fsp3) is 0.0714. The van der Waals surface area contributed by atoms with Crippen LogP contribution in [0.5, 0.6) is 5.75 Å². The van der Waals surface area contributed by atoms with Crippen LogP contribution in [0.3, 0.4) is 0 Å². The molecule has 0 radical (unpaired) electrons. The Morgan fingerprint density at radius 3 is 2.45 bits per heavy atom. The molecule has 0 aliphatic rings. The van der Waals surface area contributed by atoms with Crippen LogP contribution in [0.25, 0.3) is 0 Å². The van der Waals surface area contributed by atoms with Gasteiger partial charge in [-0.05, 0) is 37.3 Å². The summed E-state index contributed by atoms with van der Waals surface area (Å²) in [5, 5.41) is 0. The molecule has 0 aliphatic carbocycles. The van der Waals surface area contributed by atoms with Gasteiger partial charge in [-0.25, -0.2) is 0 Å². The summed E-state index contributed by atoms with van der Waals surface area (Å²) in [6, 6.07) is 12.3. The van der Waals surface area contributed by atoms with Crippen LogP contribution in [0.15, 0.2) is 57.9 Å². The summed E-state index contributed by atoms with van der Waals surface area (Å²) in [5.74, 6) is -0.0482. The van der Waals surface area contributed by atoms with Gasteiger partial charge < -0.3 is 4.18 Å². The first-order chi connectivity index (χ1) is 9.38. The van der Waals surface area contributed by atoms with E-state index in [1.54, 1.807) is 24.3 Å². The number of Topliss-reactive ketones (excluding diaryl/α,β-unsaturated/α-hetero) is 1. The van der Waals surface area contributed by atoms with E-state index >= 15 is 0 Å². The van der Waals surface area contributed by atoms with Crippen molar-refractivity contribution in [1.29, 1.82) is 0 Å². The second kappa shape index (κ2) is 5.76. The third-order valence-electron chi connectivity index (χ3n) is 2.53. The normalized spacial score (nSPS) is 11.1. The number of hydrogen-bond acceptors (Lipinski definition) is 4. The highest BCUT2D eigenvalue weighted by molar-refractivity contribution is 9.10. The van der Waals surface area contributed by atoms with E-state index in [0.29, 0.717) is 10.0 Å². The van der Waals surface area contributed by atoms with Crippen molar-refractivity contribution in [1.82, 2.24) is 0 Å². The Kier molecular flexibility index (Phi) is 4.25. The molecule has 0 spiro atoms. The molecule has 20 heavy (non-hydrogen) atoms. The number of ketones is 1. The third-order valence-corrected chi connectivity index (χ3v) is 4.27. The van der Waals surface area contributed by atoms with Gasteiger partial charge >= 0.3 is 10.1 Å². The van der Waals surface area contributed by atoms with Crippen molar-refractivity contribution in [3.8, 4) is 5.75 Å². The molecule has 0 fully saturated rings. The van der Waals surface area contributed by atoms with E-state index in [4.69, 9.17) is 4.18 Å². The molecule has 4 nitrogen and oxygen atoms in total. The zero-order chi connectivity index (χ0) is 14.8. The van der Waals surface area contributed by atoms with Crippen molar-refractivity contribution >= 4 is 31.8 Å². The lowest BCUT2D eigenvalue weighted by Gasteiger charge is -2.08. The fourth-order valence-corrected chi connectivity index (χ4v) is 3.08. The molecule has 0 saturated carbocycles. The highest BCUT2D eigenvalue weighted by Crippen LogP contribution is 2.22. The smallest absolute Gasteiger partial charge is 0.339 e. The Morgan fingerprint density at radius 2 is 1.80 bits per heavy atom. The Balaban J connectivity index is 2.33. The summed E-state index contributed by atoms with van der Waals surface area (Å²) in [4.78, 5) is 11.3. The first kappa shape index (κ1) is 14.7. The number of rotatable bonds is 4. The van der Waals surface area contributed by atoms with E-state index in [-0.39, 0.29) is 16.4 Å². The molecular formula is C14H11BrO4S. The largest absolute Gasteiger partial charge is 0.379 e. The average Bonchev–Trinajstić information content (AvgIpc) is 2.38. The molecule has 0 amide bonds. The van der Waals surface area contributed by atoms with E-state index in [0.717, 1.165) is 0 Å². The van der Waals surface area contributed by atoms with Gasteiger partial charge in [0.25, 0.3) is 0 Å². The van der Waals surface area contributed by atoms with Crippen LogP contribution in [0, 0.1) is 0 Å². The predicted molar refractivity (Wildman–Crippen MR) is 78.4 cm³/mol. The molecule has 0 atom stereocenters. The van der Waals surface area contributed by atoms with Crippen molar-refractivity contribution in [2.24, 2.45) is 0 Å². The van der Waals surface area contributed by atoms with Gasteiger partial charge in [0.1, 0.15) is 10.6 Å². The Morgan fingerprint density at radius 1 is 1.10 bits per heavy atom. The standard InChI is InChI=1S/C14H11BrO4S/c1-10(16)11-4-2-6-13(8-11)19-20(17,18)14-7-3-5-12(15)9-14/h2-9H,1H3. The summed E-state index contributed by atoms with van der Waals surface area (Å²) in [6.07, 6.45) is 0. The molecule has 104 valence electrons. The molecule has 0 aliphatic heterocycles. The van der Waals surface area contributed by atoms with Crippen molar-refractivity contribution in [2.75, 3.05) is 0 Å². The van der Waals surface area contributed by atoms with Crippen LogP contribution in [0.4, 0.5) is 0 Å². The van der Waals surface area contributed by atoms with Crippen LogP contribution in [0.2, 0.25) is 0 Å². The van der Waals surface area contributed by atoms with Gasteiger partial charge in [0.05, 0.1) is 0 Å². The second-order valence-corrected chi connectivity index (χ2v) is 6.54. The van der Waals surface area contributed by atoms with Crippen molar-refractivity contribution < 1.29 is 17.4 Å². The minimum Gasteiger partial charge on any atom is -0.379 e. The van der Waals surface area contributed by atoms with Gasteiger partial charge in [0, 0.05) is 10.0 Å². The zero-order valence-corrected chi connectivity index (χ0v) is 12.9. The molecule has 2 aromatic carbocycles. The lowest BCUT2D eigenvalue weighted by atomic mass is 10.1. The molecule has 2 rings (SSSR count). The maximum absolute atomic E-state index is 12.1. The topological polar surface area (TPSA) is 60.4 Å². The summed E-state index contributed by atoms with van der Waals surface area (Å²) in [5.41, 5.74) is 0.395. The molecule has 2 aromatic rings. The van der Waals surface area contributed by atoms with Crippen LogP contribution in [0.1, 0.15) is 17.3 Å². The summed E-state index contributed by atoms with van der Waals surface area (Å²) >= 11 is 3.21. The highest BCUT2D eigenvalue weighted by Gasteiger charge is 2.17. The van der Waals surface area contributed by atoms with Gasteiger partial charge in [-0.1, -0.05) is 34.1 Å². The predicted octanol–water partition coefficient (Wildman–Crippen LogP) is 3.42. The number of carbonyl (C=O) groups is 1. The number of benzene rings is 2. The summed E-state index contributed by atoms with van der Waals surface area (Å²) in [7, 11) is -3.92. The minimum atomic E-state index is -3.92. The van der Waals surface area contributed by atoms with Gasteiger partial charge in [0.15, 0.2) is 5.78 Å². The molecule has 0 unspecified atom stereocenters. The van der Waals surface area contributed by atoms with E-state index in [2.05, 4.69) is 15.9 Å². The molecule has 0 N–H and O–H groups in total. The van der Waals surface area contributed by atoms with Crippen molar-refractivity contribution in [3.63, 3.8) is 0 Å². The number of halogens is 1. The maximum atomic E-state index is 12.1. The van der Waals surface area contributed by atoms with E-state index < -0.39 is 10.1 Å². The van der Waals surface area contributed by atoms with Gasteiger partial charge in [-0.2, -0.15) is 8.42 Å². The average molecular weight is 355 g/mol. The summed E-state index contributed by atoms with van der Waals surface area (Å²) in [6.45, 7) is 1.40. The Labute approximate surface area is 125 Å². The minimum absolute atomic E-state index is 0.0418. The van der Waals surface area contributed by atoms with Crippen LogP contribution in [-0.4, -0.2) is 14.2 Å². The van der Waals surface area contributed by atoms with Crippen LogP contribution < -0.4 is 4.18 Å². The van der Waals surface area contributed by atoms with Crippen LogP contribution in [-0.2, 0) is 10.1 Å². The van der Waals surface area contributed by atoms with Crippen LogP contribution >= 0.6 is 15.9 Å². The quantitative estimate of drug-likeness (QED) is 0.623. The molecule has 0 heterocycles. The lowest BCUT2D eigenvalue weighted by molar-refractivity contribution is 0.101. The van der Waals surface area contributed by atoms with Gasteiger partial charge in [0.2, 0.25) is 0 Å².